The average Bonchev–Trinajstić information content (AvgIpc) is 2.42. The molecule has 0 heterocycles. The fourth-order valence-electron chi connectivity index (χ4n) is 2.39. The molecule has 2 rings (SSSR count). The van der Waals surface area contributed by atoms with Gasteiger partial charge in [-0.15, -0.1) is 0 Å². The van der Waals surface area contributed by atoms with Gasteiger partial charge in [0.25, 0.3) is 0 Å². The van der Waals surface area contributed by atoms with E-state index < -0.39 is 0 Å². The Labute approximate surface area is 103 Å². The minimum Gasteiger partial charge on any atom is -0.289 e. The highest BCUT2D eigenvalue weighted by molar-refractivity contribution is 6.10. The van der Waals surface area contributed by atoms with Crippen LogP contribution in [0.2, 0.25) is 0 Å². The maximum atomic E-state index is 12.3. The molecule has 1 aromatic rings. The first kappa shape index (κ1) is 11.8. The quantitative estimate of drug-likeness (QED) is 0.554. The molecule has 0 amide bonds. The Morgan fingerprint density at radius 1 is 1.06 bits per heavy atom. The zero-order valence-electron chi connectivity index (χ0n) is 10.1. The molecule has 0 saturated heterocycles. The minimum absolute atomic E-state index is 0.123. The van der Waals surface area contributed by atoms with E-state index in [1.807, 2.05) is 30.3 Å². The molecule has 1 aliphatic rings. The molecule has 88 valence electrons. The SMILES string of the molecule is C=CC(C(=O)c1ccccc1)=C1CCCCC1. The minimum atomic E-state index is 0.123. The molecule has 0 N–H and O–H groups in total. The van der Waals surface area contributed by atoms with Gasteiger partial charge in [0.2, 0.25) is 0 Å². The first-order chi connectivity index (χ1) is 8.33. The highest BCUT2D eigenvalue weighted by Crippen LogP contribution is 2.27. The van der Waals surface area contributed by atoms with E-state index in [1.165, 1.54) is 24.8 Å². The third kappa shape index (κ3) is 2.73. The molecule has 1 fully saturated rings. The van der Waals surface area contributed by atoms with Gasteiger partial charge in [0.1, 0.15) is 0 Å². The predicted molar refractivity (Wildman–Crippen MR) is 71.1 cm³/mol. The number of ketones is 1. The largest absolute Gasteiger partial charge is 0.289 e. The van der Waals surface area contributed by atoms with E-state index in [9.17, 15) is 4.79 Å². The number of hydrogen-bond acceptors (Lipinski definition) is 1. The van der Waals surface area contributed by atoms with E-state index in [0.29, 0.717) is 0 Å². The van der Waals surface area contributed by atoms with Gasteiger partial charge >= 0.3 is 0 Å². The predicted octanol–water partition coefficient (Wildman–Crippen LogP) is 4.32. The average molecular weight is 226 g/mol. The maximum absolute atomic E-state index is 12.3. The molecule has 0 aliphatic heterocycles. The van der Waals surface area contributed by atoms with Crippen molar-refractivity contribution in [3.05, 3.63) is 59.7 Å². The van der Waals surface area contributed by atoms with E-state index in [2.05, 4.69) is 6.58 Å². The van der Waals surface area contributed by atoms with Crippen molar-refractivity contribution < 1.29 is 4.79 Å². The molecule has 0 unspecified atom stereocenters. The molecule has 0 spiro atoms. The first-order valence-corrected chi connectivity index (χ1v) is 6.27. The number of allylic oxidation sites excluding steroid dienone is 3. The fourth-order valence-corrected chi connectivity index (χ4v) is 2.39. The van der Waals surface area contributed by atoms with Crippen molar-refractivity contribution in [1.29, 1.82) is 0 Å². The molecule has 1 heteroatoms. The van der Waals surface area contributed by atoms with Crippen LogP contribution in [0.15, 0.2) is 54.1 Å². The first-order valence-electron chi connectivity index (χ1n) is 6.27. The Hall–Kier alpha value is -1.63. The van der Waals surface area contributed by atoms with Crippen LogP contribution >= 0.6 is 0 Å². The summed E-state index contributed by atoms with van der Waals surface area (Å²) in [4.78, 5) is 12.3. The lowest BCUT2D eigenvalue weighted by Crippen LogP contribution is -2.07. The van der Waals surface area contributed by atoms with E-state index in [-0.39, 0.29) is 5.78 Å². The topological polar surface area (TPSA) is 17.1 Å². The van der Waals surface area contributed by atoms with Crippen LogP contribution in [0.5, 0.6) is 0 Å². The number of Topliss-reactive ketones (excluding diaryl/α,β-unsaturated/α-hetero) is 1. The van der Waals surface area contributed by atoms with E-state index >= 15 is 0 Å². The maximum Gasteiger partial charge on any atom is 0.192 e. The normalized spacial score (nSPS) is 15.4. The Morgan fingerprint density at radius 3 is 2.29 bits per heavy atom. The van der Waals surface area contributed by atoms with Crippen LogP contribution in [0.3, 0.4) is 0 Å². The van der Waals surface area contributed by atoms with Crippen LogP contribution in [0, 0.1) is 0 Å². The van der Waals surface area contributed by atoms with Gasteiger partial charge in [0.05, 0.1) is 0 Å². The summed E-state index contributed by atoms with van der Waals surface area (Å²) in [7, 11) is 0. The second kappa shape index (κ2) is 5.62. The van der Waals surface area contributed by atoms with Crippen molar-refractivity contribution in [3.63, 3.8) is 0 Å². The van der Waals surface area contributed by atoms with E-state index in [4.69, 9.17) is 0 Å². The number of hydrogen-bond donors (Lipinski definition) is 0. The van der Waals surface area contributed by atoms with Crippen molar-refractivity contribution in [3.8, 4) is 0 Å². The summed E-state index contributed by atoms with van der Waals surface area (Å²) < 4.78 is 0. The molecule has 1 aliphatic carbocycles. The molecule has 1 nitrogen and oxygen atoms in total. The summed E-state index contributed by atoms with van der Waals surface area (Å²) >= 11 is 0. The Kier molecular flexibility index (Phi) is 3.92. The molecule has 0 bridgehead atoms. The summed E-state index contributed by atoms with van der Waals surface area (Å²) in [5.74, 6) is 0.123. The van der Waals surface area contributed by atoms with Crippen molar-refractivity contribution in [2.75, 3.05) is 0 Å². The van der Waals surface area contributed by atoms with Crippen molar-refractivity contribution in [2.24, 2.45) is 0 Å². The lowest BCUT2D eigenvalue weighted by atomic mass is 9.88. The zero-order valence-corrected chi connectivity index (χ0v) is 10.1. The number of carbonyl (C=O) groups excluding carboxylic acids is 1. The van der Waals surface area contributed by atoms with Crippen LogP contribution < -0.4 is 0 Å². The van der Waals surface area contributed by atoms with Gasteiger partial charge in [-0.2, -0.15) is 0 Å². The third-order valence-electron chi connectivity index (χ3n) is 3.32. The Bertz CT molecular complexity index is 432. The van der Waals surface area contributed by atoms with Crippen LogP contribution in [-0.4, -0.2) is 5.78 Å². The van der Waals surface area contributed by atoms with Gasteiger partial charge in [0, 0.05) is 11.1 Å². The highest BCUT2D eigenvalue weighted by Gasteiger charge is 2.16. The second-order valence-electron chi connectivity index (χ2n) is 4.48. The Balaban J connectivity index is 2.30. The molecule has 1 aromatic carbocycles. The van der Waals surface area contributed by atoms with E-state index in [0.717, 1.165) is 24.0 Å². The lowest BCUT2D eigenvalue weighted by molar-refractivity contribution is 0.103. The third-order valence-corrected chi connectivity index (χ3v) is 3.32. The number of benzene rings is 1. The summed E-state index contributed by atoms with van der Waals surface area (Å²) in [5.41, 5.74) is 2.89. The summed E-state index contributed by atoms with van der Waals surface area (Å²) in [6.07, 6.45) is 7.53. The molecule has 0 atom stereocenters. The van der Waals surface area contributed by atoms with Crippen LogP contribution in [0.4, 0.5) is 0 Å². The zero-order chi connectivity index (χ0) is 12.1. The van der Waals surface area contributed by atoms with E-state index in [1.54, 1.807) is 6.08 Å². The summed E-state index contributed by atoms with van der Waals surface area (Å²) in [6, 6.07) is 9.47. The van der Waals surface area contributed by atoms with Gasteiger partial charge in [-0.25, -0.2) is 0 Å². The summed E-state index contributed by atoms with van der Waals surface area (Å²) in [5, 5.41) is 0. The van der Waals surface area contributed by atoms with Gasteiger partial charge < -0.3 is 0 Å². The van der Waals surface area contributed by atoms with Crippen LogP contribution in [0.1, 0.15) is 42.5 Å². The number of rotatable bonds is 3. The van der Waals surface area contributed by atoms with Gasteiger partial charge in [-0.05, 0) is 25.7 Å². The molecular formula is C16H18O. The summed E-state index contributed by atoms with van der Waals surface area (Å²) in [6.45, 7) is 3.80. The van der Waals surface area contributed by atoms with Gasteiger partial charge in [-0.3, -0.25) is 4.79 Å². The smallest absolute Gasteiger partial charge is 0.192 e. The molecule has 0 radical (unpaired) electrons. The van der Waals surface area contributed by atoms with Crippen molar-refractivity contribution in [2.45, 2.75) is 32.1 Å². The van der Waals surface area contributed by atoms with Gasteiger partial charge in [-0.1, -0.05) is 55.0 Å². The number of carbonyl (C=O) groups is 1. The van der Waals surface area contributed by atoms with Gasteiger partial charge in [0.15, 0.2) is 5.78 Å². The molecular weight excluding hydrogens is 208 g/mol. The lowest BCUT2D eigenvalue weighted by Gasteiger charge is -2.16. The monoisotopic (exact) mass is 226 g/mol. The highest BCUT2D eigenvalue weighted by atomic mass is 16.1. The van der Waals surface area contributed by atoms with Crippen molar-refractivity contribution >= 4 is 5.78 Å². The second-order valence-corrected chi connectivity index (χ2v) is 4.48. The van der Waals surface area contributed by atoms with Crippen LogP contribution in [-0.2, 0) is 0 Å². The fraction of sp³-hybridized carbons (Fsp3) is 0.312. The van der Waals surface area contributed by atoms with Crippen LogP contribution in [0.25, 0.3) is 0 Å². The molecule has 0 aromatic heterocycles. The molecule has 17 heavy (non-hydrogen) atoms. The standard InChI is InChI=1S/C16H18O/c1-2-15(13-9-5-3-6-10-13)16(17)14-11-7-4-8-12-14/h2,4,7-8,11-12H,1,3,5-6,9-10H2. The van der Waals surface area contributed by atoms with Crippen molar-refractivity contribution in [1.82, 2.24) is 0 Å². The Morgan fingerprint density at radius 2 is 1.71 bits per heavy atom. The molecule has 1 saturated carbocycles.